The molecule has 0 nitrogen and oxygen atoms in total. The summed E-state index contributed by atoms with van der Waals surface area (Å²) in [6.45, 7) is 4.21. The van der Waals surface area contributed by atoms with E-state index in [1.807, 2.05) is 0 Å². The summed E-state index contributed by atoms with van der Waals surface area (Å²) in [4.78, 5) is 1.03. The van der Waals surface area contributed by atoms with Gasteiger partial charge in [0.1, 0.15) is 0 Å². The number of hydrogen-bond acceptors (Lipinski definition) is 1. The molecule has 3 rings (SSSR count). The zero-order valence-electron chi connectivity index (χ0n) is 12.3. The van der Waals surface area contributed by atoms with Crippen LogP contribution in [0.25, 0.3) is 22.3 Å². The highest BCUT2D eigenvalue weighted by atomic mass is 32.1. The summed E-state index contributed by atoms with van der Waals surface area (Å²) in [7, 11) is 0. The first-order chi connectivity index (χ1) is 10.1. The molecule has 3 aromatic rings. The highest BCUT2D eigenvalue weighted by molar-refractivity contribution is 7.80. The van der Waals surface area contributed by atoms with Gasteiger partial charge in [-0.1, -0.05) is 77.9 Å². The van der Waals surface area contributed by atoms with E-state index in [0.717, 1.165) is 4.90 Å². The zero-order valence-corrected chi connectivity index (χ0v) is 13.2. The fourth-order valence-corrected chi connectivity index (χ4v) is 2.88. The summed E-state index contributed by atoms with van der Waals surface area (Å²) in [5.41, 5.74) is 7.32. The Morgan fingerprint density at radius 1 is 0.571 bits per heavy atom. The Balaban J connectivity index is 2.10. The van der Waals surface area contributed by atoms with Gasteiger partial charge in [-0.05, 0) is 36.1 Å². The highest BCUT2D eigenvalue weighted by Crippen LogP contribution is 2.35. The predicted octanol–water partition coefficient (Wildman–Crippen LogP) is 5.93. The SMILES string of the molecule is Cc1ccc(-c2cccc(-c3ccc(C)cc3)c2S)cc1. The van der Waals surface area contributed by atoms with Crippen LogP contribution in [-0.2, 0) is 0 Å². The van der Waals surface area contributed by atoms with Crippen molar-refractivity contribution in [1.82, 2.24) is 0 Å². The molecular formula is C20H18S. The molecule has 104 valence electrons. The van der Waals surface area contributed by atoms with Crippen LogP contribution in [0.4, 0.5) is 0 Å². The van der Waals surface area contributed by atoms with Crippen molar-refractivity contribution in [1.29, 1.82) is 0 Å². The Kier molecular flexibility index (Phi) is 3.85. The van der Waals surface area contributed by atoms with Gasteiger partial charge in [-0.2, -0.15) is 0 Å². The predicted molar refractivity (Wildman–Crippen MR) is 94.0 cm³/mol. The number of benzene rings is 3. The second kappa shape index (κ2) is 5.79. The van der Waals surface area contributed by atoms with Crippen LogP contribution >= 0.6 is 12.6 Å². The minimum absolute atomic E-state index is 1.03. The normalized spacial score (nSPS) is 10.6. The Bertz CT molecular complexity index is 689. The summed E-state index contributed by atoms with van der Waals surface area (Å²) < 4.78 is 0. The Morgan fingerprint density at radius 2 is 0.952 bits per heavy atom. The van der Waals surface area contributed by atoms with Gasteiger partial charge in [-0.25, -0.2) is 0 Å². The van der Waals surface area contributed by atoms with Crippen molar-refractivity contribution in [3.63, 3.8) is 0 Å². The van der Waals surface area contributed by atoms with Crippen molar-refractivity contribution >= 4 is 12.6 Å². The topological polar surface area (TPSA) is 0 Å². The quantitative estimate of drug-likeness (QED) is 0.556. The number of rotatable bonds is 2. The maximum Gasteiger partial charge on any atom is 0.0197 e. The third-order valence-electron chi connectivity index (χ3n) is 3.76. The van der Waals surface area contributed by atoms with Crippen molar-refractivity contribution < 1.29 is 0 Å². The molecule has 21 heavy (non-hydrogen) atoms. The maximum atomic E-state index is 4.79. The smallest absolute Gasteiger partial charge is 0.0197 e. The first-order valence-electron chi connectivity index (χ1n) is 7.11. The minimum atomic E-state index is 1.03. The van der Waals surface area contributed by atoms with E-state index in [-0.39, 0.29) is 0 Å². The molecule has 0 aliphatic carbocycles. The molecule has 0 spiro atoms. The molecule has 0 saturated heterocycles. The first-order valence-corrected chi connectivity index (χ1v) is 7.56. The average molecular weight is 290 g/mol. The van der Waals surface area contributed by atoms with Crippen molar-refractivity contribution in [2.45, 2.75) is 18.7 Å². The lowest BCUT2D eigenvalue weighted by molar-refractivity contribution is 1.41. The molecule has 0 amide bonds. The van der Waals surface area contributed by atoms with Gasteiger partial charge in [0, 0.05) is 4.90 Å². The number of hydrogen-bond donors (Lipinski definition) is 1. The highest BCUT2D eigenvalue weighted by Gasteiger charge is 2.08. The first kappa shape index (κ1) is 14.0. The van der Waals surface area contributed by atoms with Crippen molar-refractivity contribution in [3.05, 3.63) is 77.9 Å². The van der Waals surface area contributed by atoms with E-state index >= 15 is 0 Å². The molecule has 0 atom stereocenters. The third kappa shape index (κ3) is 2.88. The molecule has 0 aromatic heterocycles. The monoisotopic (exact) mass is 290 g/mol. The molecule has 0 bridgehead atoms. The van der Waals surface area contributed by atoms with Crippen LogP contribution in [0.2, 0.25) is 0 Å². The summed E-state index contributed by atoms with van der Waals surface area (Å²) in [5, 5.41) is 0. The molecule has 0 saturated carbocycles. The molecule has 0 aliphatic heterocycles. The standard InChI is InChI=1S/C20H18S/c1-14-6-10-16(11-7-14)18-4-3-5-19(20(18)21)17-12-8-15(2)9-13-17/h3-13,21H,1-2H3. The fraction of sp³-hybridized carbons (Fsp3) is 0.100. The van der Waals surface area contributed by atoms with Gasteiger partial charge in [-0.3, -0.25) is 0 Å². The molecular weight excluding hydrogens is 272 g/mol. The van der Waals surface area contributed by atoms with Crippen LogP contribution in [0.1, 0.15) is 11.1 Å². The van der Waals surface area contributed by atoms with Crippen molar-refractivity contribution in [2.75, 3.05) is 0 Å². The van der Waals surface area contributed by atoms with E-state index in [1.54, 1.807) is 0 Å². The summed E-state index contributed by atoms with van der Waals surface area (Å²) in [5.74, 6) is 0. The van der Waals surface area contributed by atoms with Crippen molar-refractivity contribution in [3.8, 4) is 22.3 Å². The van der Waals surface area contributed by atoms with Crippen LogP contribution in [0.3, 0.4) is 0 Å². The van der Waals surface area contributed by atoms with Crippen LogP contribution in [0, 0.1) is 13.8 Å². The zero-order chi connectivity index (χ0) is 14.8. The van der Waals surface area contributed by atoms with Crippen LogP contribution < -0.4 is 0 Å². The number of thiol groups is 1. The lowest BCUT2D eigenvalue weighted by atomic mass is 9.98. The molecule has 0 fully saturated rings. The second-order valence-electron chi connectivity index (χ2n) is 5.43. The molecule has 1 heteroatoms. The molecule has 3 aromatic carbocycles. The number of aryl methyl sites for hydroxylation is 2. The second-order valence-corrected chi connectivity index (χ2v) is 5.88. The van der Waals surface area contributed by atoms with Gasteiger partial charge in [0.25, 0.3) is 0 Å². The fourth-order valence-electron chi connectivity index (χ4n) is 2.48. The Labute approximate surface area is 131 Å². The van der Waals surface area contributed by atoms with E-state index in [9.17, 15) is 0 Å². The average Bonchev–Trinajstić information content (AvgIpc) is 2.50. The van der Waals surface area contributed by atoms with E-state index in [1.165, 1.54) is 33.4 Å². The molecule has 0 heterocycles. The van der Waals surface area contributed by atoms with Crippen LogP contribution in [-0.4, -0.2) is 0 Å². The van der Waals surface area contributed by atoms with Crippen molar-refractivity contribution in [2.24, 2.45) is 0 Å². The largest absolute Gasteiger partial charge is 0.142 e. The lowest BCUT2D eigenvalue weighted by Crippen LogP contribution is -1.86. The van der Waals surface area contributed by atoms with E-state index < -0.39 is 0 Å². The summed E-state index contributed by atoms with van der Waals surface area (Å²) >= 11 is 4.79. The van der Waals surface area contributed by atoms with Gasteiger partial charge < -0.3 is 0 Å². The van der Waals surface area contributed by atoms with Gasteiger partial charge in [0.15, 0.2) is 0 Å². The van der Waals surface area contributed by atoms with E-state index in [4.69, 9.17) is 12.6 Å². The molecule has 0 radical (unpaired) electrons. The summed E-state index contributed by atoms with van der Waals surface area (Å²) in [6, 6.07) is 23.5. The third-order valence-corrected chi connectivity index (χ3v) is 4.24. The summed E-state index contributed by atoms with van der Waals surface area (Å²) in [6.07, 6.45) is 0. The van der Waals surface area contributed by atoms with Gasteiger partial charge >= 0.3 is 0 Å². The van der Waals surface area contributed by atoms with Gasteiger partial charge in [0.05, 0.1) is 0 Å². The molecule has 0 N–H and O–H groups in total. The Morgan fingerprint density at radius 3 is 1.33 bits per heavy atom. The van der Waals surface area contributed by atoms with Gasteiger partial charge in [0.2, 0.25) is 0 Å². The van der Waals surface area contributed by atoms with Gasteiger partial charge in [-0.15, -0.1) is 12.6 Å². The molecule has 0 unspecified atom stereocenters. The Hall–Kier alpha value is -1.99. The van der Waals surface area contributed by atoms with E-state index in [2.05, 4.69) is 80.6 Å². The van der Waals surface area contributed by atoms with Crippen LogP contribution in [0.5, 0.6) is 0 Å². The maximum absolute atomic E-state index is 4.79. The van der Waals surface area contributed by atoms with E-state index in [0.29, 0.717) is 0 Å². The minimum Gasteiger partial charge on any atom is -0.142 e. The molecule has 0 aliphatic rings. The van der Waals surface area contributed by atoms with Crippen LogP contribution in [0.15, 0.2) is 71.6 Å². The lowest BCUT2D eigenvalue weighted by Gasteiger charge is -2.11.